The molecule has 0 aliphatic carbocycles. The molecule has 0 saturated heterocycles. The average Bonchev–Trinajstić information content (AvgIpc) is 2.49. The van der Waals surface area contributed by atoms with Crippen LogP contribution in [0.25, 0.3) is 0 Å². The summed E-state index contributed by atoms with van der Waals surface area (Å²) in [5.41, 5.74) is 0.323. The number of hydrogen-bond acceptors (Lipinski definition) is 2. The second kappa shape index (κ2) is 6.87. The van der Waals surface area contributed by atoms with Gasteiger partial charge >= 0.3 is 0 Å². The lowest BCUT2D eigenvalue weighted by molar-refractivity contribution is -0.122. The van der Waals surface area contributed by atoms with Gasteiger partial charge in [-0.3, -0.25) is 4.79 Å². The van der Waals surface area contributed by atoms with Crippen molar-refractivity contribution in [3.63, 3.8) is 0 Å². The van der Waals surface area contributed by atoms with Crippen LogP contribution in [0, 0.1) is 23.3 Å². The van der Waals surface area contributed by atoms with Crippen LogP contribution >= 0.6 is 11.6 Å². The van der Waals surface area contributed by atoms with E-state index >= 15 is 0 Å². The highest BCUT2D eigenvalue weighted by molar-refractivity contribution is 6.30. The minimum atomic E-state index is -1.72. The monoisotopic (exact) mass is 347 g/mol. The van der Waals surface area contributed by atoms with Gasteiger partial charge in [-0.15, -0.1) is 0 Å². The molecule has 23 heavy (non-hydrogen) atoms. The SMILES string of the molecule is C[C@H](Oc1c(F)c(F)cc(F)c1F)C(=O)Nc1cccc(Cl)c1. The number of carbonyl (C=O) groups is 1. The number of hydrogen-bond donors (Lipinski definition) is 1. The molecule has 0 saturated carbocycles. The molecule has 0 heterocycles. The summed E-state index contributed by atoms with van der Waals surface area (Å²) < 4.78 is 57.9. The first-order chi connectivity index (χ1) is 10.8. The highest BCUT2D eigenvalue weighted by Gasteiger charge is 2.25. The Morgan fingerprint density at radius 3 is 2.30 bits per heavy atom. The highest BCUT2D eigenvalue weighted by Crippen LogP contribution is 2.27. The van der Waals surface area contributed by atoms with Gasteiger partial charge in [0.2, 0.25) is 11.6 Å². The maximum atomic E-state index is 13.5. The second-order valence-corrected chi connectivity index (χ2v) is 4.99. The first-order valence-corrected chi connectivity index (χ1v) is 6.73. The fourth-order valence-corrected chi connectivity index (χ4v) is 1.89. The molecule has 2 aromatic rings. The van der Waals surface area contributed by atoms with Crippen LogP contribution in [0.2, 0.25) is 5.02 Å². The minimum Gasteiger partial charge on any atom is -0.475 e. The van der Waals surface area contributed by atoms with Gasteiger partial charge < -0.3 is 10.1 Å². The van der Waals surface area contributed by atoms with Crippen LogP contribution in [0.1, 0.15) is 6.92 Å². The van der Waals surface area contributed by atoms with Crippen molar-refractivity contribution in [2.75, 3.05) is 5.32 Å². The van der Waals surface area contributed by atoms with Crippen molar-refractivity contribution in [3.05, 3.63) is 58.6 Å². The van der Waals surface area contributed by atoms with Crippen molar-refractivity contribution in [1.82, 2.24) is 0 Å². The number of amides is 1. The van der Waals surface area contributed by atoms with E-state index < -0.39 is 41.0 Å². The normalized spacial score (nSPS) is 11.9. The number of anilines is 1. The summed E-state index contributed by atoms with van der Waals surface area (Å²) in [6.45, 7) is 1.17. The van der Waals surface area contributed by atoms with E-state index in [1.54, 1.807) is 12.1 Å². The van der Waals surface area contributed by atoms with Crippen LogP contribution in [0.4, 0.5) is 23.2 Å². The lowest BCUT2D eigenvalue weighted by Gasteiger charge is -2.16. The summed E-state index contributed by atoms with van der Waals surface area (Å²) in [5.74, 6) is -8.76. The largest absolute Gasteiger partial charge is 0.475 e. The quantitative estimate of drug-likeness (QED) is 0.661. The summed E-state index contributed by atoms with van der Waals surface area (Å²) >= 11 is 5.75. The molecule has 3 nitrogen and oxygen atoms in total. The van der Waals surface area contributed by atoms with Gasteiger partial charge in [0.1, 0.15) is 0 Å². The van der Waals surface area contributed by atoms with E-state index in [1.807, 2.05) is 0 Å². The van der Waals surface area contributed by atoms with Crippen molar-refractivity contribution in [1.29, 1.82) is 0 Å². The number of halogens is 5. The zero-order valence-corrected chi connectivity index (χ0v) is 12.4. The second-order valence-electron chi connectivity index (χ2n) is 4.56. The maximum Gasteiger partial charge on any atom is 0.265 e. The van der Waals surface area contributed by atoms with Crippen LogP contribution in [-0.2, 0) is 4.79 Å². The highest BCUT2D eigenvalue weighted by atomic mass is 35.5. The van der Waals surface area contributed by atoms with Crippen LogP contribution in [0.3, 0.4) is 0 Å². The summed E-state index contributed by atoms with van der Waals surface area (Å²) in [4.78, 5) is 11.9. The van der Waals surface area contributed by atoms with Gasteiger partial charge in [0.25, 0.3) is 5.91 Å². The molecule has 0 aromatic heterocycles. The zero-order chi connectivity index (χ0) is 17.1. The Morgan fingerprint density at radius 1 is 1.13 bits per heavy atom. The van der Waals surface area contributed by atoms with Gasteiger partial charge in [-0.2, -0.15) is 8.78 Å². The van der Waals surface area contributed by atoms with E-state index in [0.717, 1.165) is 0 Å². The molecular formula is C15H10ClF4NO2. The van der Waals surface area contributed by atoms with Crippen molar-refractivity contribution >= 4 is 23.2 Å². The Balaban J connectivity index is 2.16. The molecule has 1 atom stereocenters. The lowest BCUT2D eigenvalue weighted by Crippen LogP contribution is -2.31. The summed E-state index contributed by atoms with van der Waals surface area (Å²) in [5, 5.41) is 2.75. The molecule has 0 fully saturated rings. The first-order valence-electron chi connectivity index (χ1n) is 6.35. The Labute approximate surface area is 133 Å². The van der Waals surface area contributed by atoms with Crippen LogP contribution in [-0.4, -0.2) is 12.0 Å². The average molecular weight is 348 g/mol. The van der Waals surface area contributed by atoms with Gasteiger partial charge in [-0.1, -0.05) is 17.7 Å². The van der Waals surface area contributed by atoms with E-state index in [1.165, 1.54) is 19.1 Å². The molecule has 1 N–H and O–H groups in total. The van der Waals surface area contributed by atoms with Crippen LogP contribution in [0.5, 0.6) is 5.75 Å². The Hall–Kier alpha value is -2.28. The van der Waals surface area contributed by atoms with Gasteiger partial charge in [0.05, 0.1) is 0 Å². The van der Waals surface area contributed by atoms with E-state index in [4.69, 9.17) is 16.3 Å². The summed E-state index contributed by atoms with van der Waals surface area (Å²) in [7, 11) is 0. The fourth-order valence-electron chi connectivity index (χ4n) is 1.70. The Kier molecular flexibility index (Phi) is 5.10. The molecule has 2 aromatic carbocycles. The zero-order valence-electron chi connectivity index (χ0n) is 11.7. The van der Waals surface area contributed by atoms with Gasteiger partial charge in [0.15, 0.2) is 23.5 Å². The van der Waals surface area contributed by atoms with Crippen molar-refractivity contribution < 1.29 is 27.1 Å². The molecule has 0 spiro atoms. The molecule has 0 aliphatic rings. The molecule has 2 rings (SSSR count). The Morgan fingerprint density at radius 2 is 1.74 bits per heavy atom. The molecular weight excluding hydrogens is 338 g/mol. The van der Waals surface area contributed by atoms with E-state index in [9.17, 15) is 22.4 Å². The number of nitrogens with one attached hydrogen (secondary N) is 1. The molecule has 8 heteroatoms. The number of carbonyl (C=O) groups excluding carboxylic acids is 1. The molecule has 1 amide bonds. The third-order valence-corrected chi connectivity index (χ3v) is 3.06. The van der Waals surface area contributed by atoms with E-state index in [-0.39, 0.29) is 6.07 Å². The predicted octanol–water partition coefficient (Wildman–Crippen LogP) is 4.30. The topological polar surface area (TPSA) is 38.3 Å². The van der Waals surface area contributed by atoms with Gasteiger partial charge in [0, 0.05) is 16.8 Å². The third kappa shape index (κ3) is 3.92. The number of benzene rings is 2. The molecule has 122 valence electrons. The van der Waals surface area contributed by atoms with Crippen molar-refractivity contribution in [2.45, 2.75) is 13.0 Å². The first kappa shape index (κ1) is 17.1. The number of ether oxygens (including phenoxy) is 1. The third-order valence-electron chi connectivity index (χ3n) is 2.83. The van der Waals surface area contributed by atoms with E-state index in [0.29, 0.717) is 10.7 Å². The molecule has 0 radical (unpaired) electrons. The van der Waals surface area contributed by atoms with Crippen molar-refractivity contribution in [3.8, 4) is 5.75 Å². The summed E-state index contributed by atoms with van der Waals surface area (Å²) in [6, 6.07) is 6.17. The van der Waals surface area contributed by atoms with Gasteiger partial charge in [-0.25, -0.2) is 8.78 Å². The minimum absolute atomic E-state index is 0.0498. The predicted molar refractivity (Wildman–Crippen MR) is 76.4 cm³/mol. The molecule has 0 bridgehead atoms. The van der Waals surface area contributed by atoms with Crippen LogP contribution in [0.15, 0.2) is 30.3 Å². The fraction of sp³-hybridized carbons (Fsp3) is 0.133. The summed E-state index contributed by atoms with van der Waals surface area (Å²) in [6.07, 6.45) is -1.42. The molecule has 0 aliphatic heterocycles. The van der Waals surface area contributed by atoms with Crippen LogP contribution < -0.4 is 10.1 Å². The smallest absolute Gasteiger partial charge is 0.265 e. The number of rotatable bonds is 4. The molecule has 0 unspecified atom stereocenters. The maximum absolute atomic E-state index is 13.5. The van der Waals surface area contributed by atoms with Crippen molar-refractivity contribution in [2.24, 2.45) is 0 Å². The van der Waals surface area contributed by atoms with Gasteiger partial charge in [-0.05, 0) is 25.1 Å². The Bertz CT molecular complexity index is 728. The van der Waals surface area contributed by atoms with E-state index in [2.05, 4.69) is 5.32 Å². The standard InChI is InChI=1S/C15H10ClF4NO2/c1-7(15(22)21-9-4-2-3-8(16)5-9)23-14-12(19)10(17)6-11(18)13(14)20/h2-7H,1H3,(H,21,22)/t7-/m0/s1. The lowest BCUT2D eigenvalue weighted by atomic mass is 10.2.